The van der Waals surface area contributed by atoms with E-state index < -0.39 is 46.5 Å². The molecule has 3 N–H and O–H groups in total. The van der Waals surface area contributed by atoms with Gasteiger partial charge in [-0.3, -0.25) is 4.79 Å². The summed E-state index contributed by atoms with van der Waals surface area (Å²) < 4.78 is 49.2. The van der Waals surface area contributed by atoms with Gasteiger partial charge in [-0.1, -0.05) is 24.3 Å². The van der Waals surface area contributed by atoms with Crippen LogP contribution in [0.5, 0.6) is 11.5 Å². The second-order valence-electron chi connectivity index (χ2n) is 8.91. The Morgan fingerprint density at radius 1 is 1.21 bits per heavy atom. The number of hydrogen-bond donors (Lipinski definition) is 3. The topological polar surface area (TPSA) is 155 Å². The van der Waals surface area contributed by atoms with Crippen LogP contribution in [-0.2, 0) is 4.79 Å². The Hall–Kier alpha value is -4.30. The van der Waals surface area contributed by atoms with Crippen molar-refractivity contribution in [3.05, 3.63) is 52.2 Å². The molecule has 198 valence electrons. The lowest BCUT2D eigenvalue weighted by molar-refractivity contribution is -0.189. The van der Waals surface area contributed by atoms with Crippen LogP contribution in [0.1, 0.15) is 17.9 Å². The number of tetrazole rings is 1. The van der Waals surface area contributed by atoms with Gasteiger partial charge in [0.05, 0.1) is 6.10 Å². The molecule has 5 rings (SSSR count). The molecule has 1 aliphatic heterocycles. The Kier molecular flexibility index (Phi) is 6.36. The number of aliphatic hydroxyl groups excluding tert-OH is 1. The van der Waals surface area contributed by atoms with Gasteiger partial charge in [-0.25, -0.2) is 4.79 Å². The third-order valence-electron chi connectivity index (χ3n) is 6.35. The maximum absolute atomic E-state index is 13.2. The summed E-state index contributed by atoms with van der Waals surface area (Å²) in [6.45, 7) is 0.785. The van der Waals surface area contributed by atoms with Crippen molar-refractivity contribution < 1.29 is 37.3 Å². The van der Waals surface area contributed by atoms with Crippen molar-refractivity contribution in [1.29, 1.82) is 0 Å². The molecule has 0 bridgehead atoms. The third-order valence-corrected chi connectivity index (χ3v) is 6.35. The van der Waals surface area contributed by atoms with Gasteiger partial charge in [-0.05, 0) is 25.2 Å². The van der Waals surface area contributed by atoms with Gasteiger partial charge in [-0.15, -0.1) is 10.2 Å². The van der Waals surface area contributed by atoms with Crippen molar-refractivity contribution in [2.75, 3.05) is 20.1 Å². The number of piperidine rings is 1. The average molecular weight is 531 g/mol. The van der Waals surface area contributed by atoms with E-state index in [1.165, 1.54) is 0 Å². The fourth-order valence-corrected chi connectivity index (χ4v) is 4.54. The SMILES string of the molecule is CN1CC[C@H](c2c(O)cc(OC(=O)C(F)(F)F)c3c(=O)cc(-c4ccc(-c5nn[nH]n5)cc4)oc23)[C@H](O)C1. The number of aromatic nitrogens is 4. The highest BCUT2D eigenvalue weighted by molar-refractivity contribution is 5.92. The zero-order valence-corrected chi connectivity index (χ0v) is 19.7. The first-order chi connectivity index (χ1) is 18.0. The number of aliphatic hydroxyl groups is 1. The Balaban J connectivity index is 1.68. The Bertz CT molecular complexity index is 1550. The lowest BCUT2D eigenvalue weighted by Crippen LogP contribution is -2.40. The number of halogens is 3. The van der Waals surface area contributed by atoms with Crippen molar-refractivity contribution in [3.8, 4) is 34.2 Å². The van der Waals surface area contributed by atoms with Gasteiger partial charge in [0.25, 0.3) is 0 Å². The van der Waals surface area contributed by atoms with Crippen LogP contribution in [0, 0.1) is 0 Å². The van der Waals surface area contributed by atoms with E-state index >= 15 is 0 Å². The molecule has 38 heavy (non-hydrogen) atoms. The number of carbonyl (C=O) groups is 1. The highest BCUT2D eigenvalue weighted by Crippen LogP contribution is 2.43. The number of carbonyl (C=O) groups excluding carboxylic acids is 1. The molecular weight excluding hydrogens is 511 g/mol. The number of nitrogens with zero attached hydrogens (tertiary/aromatic N) is 4. The predicted molar refractivity (Wildman–Crippen MR) is 125 cm³/mol. The molecule has 1 aliphatic rings. The Labute approximate surface area is 211 Å². The van der Waals surface area contributed by atoms with Crippen LogP contribution >= 0.6 is 0 Å². The molecule has 0 saturated carbocycles. The summed E-state index contributed by atoms with van der Waals surface area (Å²) in [4.78, 5) is 26.7. The molecule has 4 aromatic rings. The average Bonchev–Trinajstić information content (AvgIpc) is 3.39. The predicted octanol–water partition coefficient (Wildman–Crippen LogP) is 2.59. The first-order valence-electron chi connectivity index (χ1n) is 11.4. The fourth-order valence-electron chi connectivity index (χ4n) is 4.54. The Morgan fingerprint density at radius 2 is 1.92 bits per heavy atom. The van der Waals surface area contributed by atoms with E-state index in [0.29, 0.717) is 29.9 Å². The van der Waals surface area contributed by atoms with Gasteiger partial charge in [0.1, 0.15) is 28.2 Å². The molecule has 0 aliphatic carbocycles. The summed E-state index contributed by atoms with van der Waals surface area (Å²) in [5, 5.41) is 34.7. The van der Waals surface area contributed by atoms with Gasteiger partial charge in [0, 0.05) is 41.3 Å². The molecule has 3 heterocycles. The quantitative estimate of drug-likeness (QED) is 0.264. The lowest BCUT2D eigenvalue weighted by Gasteiger charge is -2.34. The number of rotatable bonds is 4. The molecule has 11 nitrogen and oxygen atoms in total. The molecule has 2 aromatic heterocycles. The molecule has 0 spiro atoms. The summed E-state index contributed by atoms with van der Waals surface area (Å²) in [5.41, 5.74) is -0.0247. The van der Waals surface area contributed by atoms with Crippen LogP contribution < -0.4 is 10.2 Å². The minimum atomic E-state index is -5.34. The number of fused-ring (bicyclic) bond motifs is 1. The molecule has 1 saturated heterocycles. The minimum absolute atomic E-state index is 0.0320. The molecule has 2 atom stereocenters. The van der Waals surface area contributed by atoms with E-state index in [9.17, 15) is 33.0 Å². The van der Waals surface area contributed by atoms with Gasteiger partial charge in [-0.2, -0.15) is 18.4 Å². The zero-order chi connectivity index (χ0) is 27.2. The number of aromatic hydroxyl groups is 1. The number of nitrogens with one attached hydrogen (secondary N) is 1. The number of likely N-dealkylation sites (tertiary alicyclic amines) is 1. The molecular formula is C24H20F3N5O6. The summed E-state index contributed by atoms with van der Waals surface area (Å²) in [7, 11) is 1.80. The number of esters is 1. The molecule has 0 amide bonds. The summed E-state index contributed by atoms with van der Waals surface area (Å²) in [6, 6.07) is 8.31. The number of aromatic amines is 1. The number of ether oxygens (including phenoxy) is 1. The number of benzene rings is 2. The summed E-state index contributed by atoms with van der Waals surface area (Å²) in [6.07, 6.45) is -5.96. The second kappa shape index (κ2) is 9.54. The van der Waals surface area contributed by atoms with Crippen molar-refractivity contribution in [3.63, 3.8) is 0 Å². The van der Waals surface area contributed by atoms with Crippen LogP contribution in [-0.4, -0.2) is 74.1 Å². The van der Waals surface area contributed by atoms with Crippen LogP contribution in [0.25, 0.3) is 33.7 Å². The van der Waals surface area contributed by atoms with E-state index in [2.05, 4.69) is 25.4 Å². The molecule has 0 radical (unpaired) electrons. The summed E-state index contributed by atoms with van der Waals surface area (Å²) in [5.74, 6) is -4.30. The smallest absolute Gasteiger partial charge is 0.491 e. The lowest BCUT2D eigenvalue weighted by atomic mass is 9.85. The zero-order valence-electron chi connectivity index (χ0n) is 19.7. The normalized spacial score (nSPS) is 18.6. The first kappa shape index (κ1) is 25.4. The number of hydrogen-bond acceptors (Lipinski definition) is 10. The van der Waals surface area contributed by atoms with Crippen molar-refractivity contribution >= 4 is 16.9 Å². The number of likely N-dealkylation sites (N-methyl/N-ethyl adjacent to an activating group) is 1. The summed E-state index contributed by atoms with van der Waals surface area (Å²) >= 11 is 0. The van der Waals surface area contributed by atoms with Crippen molar-refractivity contribution in [1.82, 2.24) is 25.5 Å². The van der Waals surface area contributed by atoms with Gasteiger partial charge < -0.3 is 24.3 Å². The van der Waals surface area contributed by atoms with E-state index in [4.69, 9.17) is 4.42 Å². The second-order valence-corrected chi connectivity index (χ2v) is 8.91. The van der Waals surface area contributed by atoms with Gasteiger partial charge in [0.2, 0.25) is 5.82 Å². The van der Waals surface area contributed by atoms with E-state index in [-0.39, 0.29) is 23.5 Å². The molecule has 0 unspecified atom stereocenters. The van der Waals surface area contributed by atoms with Crippen LogP contribution in [0.3, 0.4) is 0 Å². The Morgan fingerprint density at radius 3 is 2.55 bits per heavy atom. The number of alkyl halides is 3. The van der Waals surface area contributed by atoms with E-state index in [0.717, 1.165) is 12.1 Å². The number of phenols is 1. The number of β-amino-alcohol motifs (C(OH)–C–C–N with tert-alkyl or cyclic N) is 1. The molecule has 14 heteroatoms. The van der Waals surface area contributed by atoms with Crippen molar-refractivity contribution in [2.24, 2.45) is 0 Å². The number of phenolic OH excluding ortho intramolecular Hbond substituents is 1. The highest BCUT2D eigenvalue weighted by atomic mass is 19.4. The van der Waals surface area contributed by atoms with Crippen LogP contribution in [0.2, 0.25) is 0 Å². The third kappa shape index (κ3) is 4.70. The maximum Gasteiger partial charge on any atom is 0.491 e. The highest BCUT2D eigenvalue weighted by Gasteiger charge is 2.42. The molecule has 2 aromatic carbocycles. The minimum Gasteiger partial charge on any atom is -0.507 e. The maximum atomic E-state index is 13.2. The standard InChI is InChI=1S/C24H20F3N5O6/c1-32-7-6-13(16(35)10-32)19-14(33)9-18(38-23(36)24(25,26)27)20-15(34)8-17(37-21(19)20)11-2-4-12(5-3-11)22-28-30-31-29-22/h2-5,8-9,13,16,33,35H,6-7,10H2,1H3,(H,28,29,30,31)/t13-,16+/m0/s1. The molecule has 1 fully saturated rings. The van der Waals surface area contributed by atoms with E-state index in [1.54, 1.807) is 31.3 Å². The van der Waals surface area contributed by atoms with Gasteiger partial charge in [0.15, 0.2) is 5.43 Å². The number of H-pyrrole nitrogens is 1. The van der Waals surface area contributed by atoms with Crippen molar-refractivity contribution in [2.45, 2.75) is 24.6 Å². The fraction of sp³-hybridized carbons (Fsp3) is 0.292. The largest absolute Gasteiger partial charge is 0.507 e. The first-order valence-corrected chi connectivity index (χ1v) is 11.4. The van der Waals surface area contributed by atoms with Crippen LogP contribution in [0.4, 0.5) is 13.2 Å². The van der Waals surface area contributed by atoms with Gasteiger partial charge >= 0.3 is 12.1 Å². The van der Waals surface area contributed by atoms with Crippen LogP contribution in [0.15, 0.2) is 45.6 Å². The monoisotopic (exact) mass is 531 g/mol. The van der Waals surface area contributed by atoms with E-state index in [1.807, 2.05) is 4.90 Å².